The number of H-pyrrole nitrogens is 1. The van der Waals surface area contributed by atoms with E-state index < -0.39 is 0 Å². The van der Waals surface area contributed by atoms with Crippen molar-refractivity contribution >= 4 is 28.8 Å². The smallest absolute Gasteiger partial charge is 0.305 e. The van der Waals surface area contributed by atoms with Crippen LogP contribution in [0.15, 0.2) is 23.4 Å². The zero-order valence-corrected chi connectivity index (χ0v) is 12.0. The van der Waals surface area contributed by atoms with Gasteiger partial charge in [-0.3, -0.25) is 4.79 Å². The lowest BCUT2D eigenvalue weighted by atomic mass is 10.2. The number of hydrogen-bond acceptors (Lipinski definition) is 4. The second kappa shape index (κ2) is 6.61. The van der Waals surface area contributed by atoms with Crippen LogP contribution in [-0.4, -0.2) is 28.3 Å². The minimum atomic E-state index is -0.122. The Morgan fingerprint density at radius 3 is 3.11 bits per heavy atom. The molecule has 0 bridgehead atoms. The number of fused-ring (bicyclic) bond motifs is 1. The predicted molar refractivity (Wildman–Crippen MR) is 77.4 cm³/mol. The van der Waals surface area contributed by atoms with Crippen molar-refractivity contribution in [1.82, 2.24) is 9.97 Å². The normalized spacial score (nSPS) is 10.8. The molecule has 0 radical (unpaired) electrons. The highest BCUT2D eigenvalue weighted by Gasteiger charge is 2.05. The molecule has 0 atom stereocenters. The summed E-state index contributed by atoms with van der Waals surface area (Å²) >= 11 is 1.64. The molecule has 0 fully saturated rings. The van der Waals surface area contributed by atoms with E-state index >= 15 is 0 Å². The van der Waals surface area contributed by atoms with Crippen LogP contribution in [-0.2, 0) is 9.53 Å². The second-order valence-electron chi connectivity index (χ2n) is 4.32. The Morgan fingerprint density at radius 1 is 1.47 bits per heavy atom. The lowest BCUT2D eigenvalue weighted by molar-refractivity contribution is -0.143. The number of aromatic nitrogens is 2. The Hall–Kier alpha value is -1.49. The molecular weight excluding hydrogens is 260 g/mol. The van der Waals surface area contributed by atoms with Gasteiger partial charge in [-0.2, -0.15) is 0 Å². The SMILES string of the molecule is CCOC(=O)CCCSc1nc2ccc(C)cc2[nH]1. The highest BCUT2D eigenvalue weighted by Crippen LogP contribution is 2.21. The van der Waals surface area contributed by atoms with Crippen molar-refractivity contribution < 1.29 is 9.53 Å². The lowest BCUT2D eigenvalue weighted by Crippen LogP contribution is -2.03. The number of carbonyl (C=O) groups excluding carboxylic acids is 1. The number of aryl methyl sites for hydroxylation is 1. The van der Waals surface area contributed by atoms with Crippen molar-refractivity contribution in [3.63, 3.8) is 0 Å². The van der Waals surface area contributed by atoms with E-state index in [0.29, 0.717) is 13.0 Å². The molecule has 1 aromatic heterocycles. The summed E-state index contributed by atoms with van der Waals surface area (Å²) in [6.45, 7) is 4.34. The molecule has 4 nitrogen and oxygen atoms in total. The maximum Gasteiger partial charge on any atom is 0.305 e. The molecule has 0 aliphatic heterocycles. The summed E-state index contributed by atoms with van der Waals surface area (Å²) in [6, 6.07) is 6.16. The highest BCUT2D eigenvalue weighted by molar-refractivity contribution is 7.99. The van der Waals surface area contributed by atoms with Crippen LogP contribution in [0.2, 0.25) is 0 Å². The number of aromatic amines is 1. The standard InChI is InChI=1S/C14H18N2O2S/c1-3-18-13(17)5-4-8-19-14-15-11-7-6-10(2)9-12(11)16-14/h6-7,9H,3-5,8H2,1-2H3,(H,15,16). The number of carbonyl (C=O) groups is 1. The van der Waals surface area contributed by atoms with Gasteiger partial charge in [0.1, 0.15) is 0 Å². The molecule has 0 unspecified atom stereocenters. The number of nitrogens with zero attached hydrogens (tertiary/aromatic N) is 1. The maximum atomic E-state index is 11.2. The van der Waals surface area contributed by atoms with Crippen molar-refractivity contribution in [2.24, 2.45) is 0 Å². The Bertz CT molecular complexity index is 566. The van der Waals surface area contributed by atoms with Crippen LogP contribution in [0.25, 0.3) is 11.0 Å². The molecule has 1 heterocycles. The summed E-state index contributed by atoms with van der Waals surface area (Å²) in [4.78, 5) is 19.0. The summed E-state index contributed by atoms with van der Waals surface area (Å²) < 4.78 is 4.88. The summed E-state index contributed by atoms with van der Waals surface area (Å²) in [5.74, 6) is 0.737. The van der Waals surface area contributed by atoms with Crippen LogP contribution < -0.4 is 0 Å². The fourth-order valence-corrected chi connectivity index (χ4v) is 2.61. The first-order valence-corrected chi connectivity index (χ1v) is 7.42. The predicted octanol–water partition coefficient (Wildman–Crippen LogP) is 3.31. The Kier molecular flexibility index (Phi) is 4.85. The van der Waals surface area contributed by atoms with Gasteiger partial charge in [0.05, 0.1) is 17.6 Å². The molecule has 1 aromatic carbocycles. The number of hydrogen-bond donors (Lipinski definition) is 1. The zero-order valence-electron chi connectivity index (χ0n) is 11.2. The molecule has 0 spiro atoms. The molecule has 102 valence electrons. The van der Waals surface area contributed by atoms with Crippen LogP contribution in [0.1, 0.15) is 25.3 Å². The van der Waals surface area contributed by atoms with Crippen molar-refractivity contribution in [3.05, 3.63) is 23.8 Å². The molecule has 0 aliphatic rings. The summed E-state index contributed by atoms with van der Waals surface area (Å²) in [5.41, 5.74) is 3.27. The number of nitrogens with one attached hydrogen (secondary N) is 1. The van der Waals surface area contributed by atoms with E-state index in [1.807, 2.05) is 13.0 Å². The van der Waals surface area contributed by atoms with Crippen molar-refractivity contribution in [3.8, 4) is 0 Å². The van der Waals surface area contributed by atoms with E-state index in [4.69, 9.17) is 4.74 Å². The van der Waals surface area contributed by atoms with E-state index in [2.05, 4.69) is 29.0 Å². The van der Waals surface area contributed by atoms with Crippen LogP contribution in [0.4, 0.5) is 0 Å². The summed E-state index contributed by atoms with van der Waals surface area (Å²) in [5, 5.41) is 0.907. The Labute approximate surface area is 116 Å². The third kappa shape index (κ3) is 3.99. The van der Waals surface area contributed by atoms with Crippen molar-refractivity contribution in [1.29, 1.82) is 0 Å². The van der Waals surface area contributed by atoms with Gasteiger partial charge >= 0.3 is 5.97 Å². The highest BCUT2D eigenvalue weighted by atomic mass is 32.2. The molecule has 2 aromatic rings. The van der Waals surface area contributed by atoms with Crippen LogP contribution in [0, 0.1) is 6.92 Å². The molecule has 5 heteroatoms. The van der Waals surface area contributed by atoms with Gasteiger partial charge in [-0.15, -0.1) is 0 Å². The van der Waals surface area contributed by atoms with Gasteiger partial charge in [0, 0.05) is 12.2 Å². The fraction of sp³-hybridized carbons (Fsp3) is 0.429. The average molecular weight is 278 g/mol. The molecule has 2 rings (SSSR count). The zero-order chi connectivity index (χ0) is 13.7. The van der Waals surface area contributed by atoms with Crippen LogP contribution in [0.5, 0.6) is 0 Å². The fourth-order valence-electron chi connectivity index (χ4n) is 1.79. The molecular formula is C14H18N2O2S. The number of esters is 1. The molecule has 0 aliphatic carbocycles. The van der Waals surface area contributed by atoms with Gasteiger partial charge in [-0.25, -0.2) is 4.98 Å². The third-order valence-electron chi connectivity index (χ3n) is 2.68. The average Bonchev–Trinajstić information content (AvgIpc) is 2.77. The van der Waals surface area contributed by atoms with Gasteiger partial charge in [0.15, 0.2) is 5.16 Å². The number of ether oxygens (including phenoxy) is 1. The van der Waals surface area contributed by atoms with Crippen LogP contribution >= 0.6 is 11.8 Å². The quantitative estimate of drug-likeness (QED) is 0.500. The van der Waals surface area contributed by atoms with Gasteiger partial charge in [-0.05, 0) is 38.0 Å². The first kappa shape index (κ1) is 13.9. The van der Waals surface area contributed by atoms with Gasteiger partial charge in [0.25, 0.3) is 0 Å². The molecule has 19 heavy (non-hydrogen) atoms. The second-order valence-corrected chi connectivity index (χ2v) is 5.40. The third-order valence-corrected chi connectivity index (χ3v) is 3.64. The first-order chi connectivity index (χ1) is 9.19. The van der Waals surface area contributed by atoms with Gasteiger partial charge in [-0.1, -0.05) is 17.8 Å². The first-order valence-electron chi connectivity index (χ1n) is 6.44. The van der Waals surface area contributed by atoms with E-state index in [9.17, 15) is 4.79 Å². The molecule has 0 saturated carbocycles. The molecule has 1 N–H and O–H groups in total. The van der Waals surface area contributed by atoms with Crippen molar-refractivity contribution in [2.45, 2.75) is 31.8 Å². The Morgan fingerprint density at radius 2 is 2.32 bits per heavy atom. The van der Waals surface area contributed by atoms with Crippen molar-refractivity contribution in [2.75, 3.05) is 12.4 Å². The topological polar surface area (TPSA) is 55.0 Å². The van der Waals surface area contributed by atoms with Gasteiger partial charge < -0.3 is 9.72 Å². The monoisotopic (exact) mass is 278 g/mol. The van der Waals surface area contributed by atoms with E-state index in [-0.39, 0.29) is 5.97 Å². The minimum absolute atomic E-state index is 0.122. The summed E-state index contributed by atoms with van der Waals surface area (Å²) in [7, 11) is 0. The number of rotatable bonds is 6. The van der Waals surface area contributed by atoms with E-state index in [1.165, 1.54) is 5.56 Å². The molecule has 0 amide bonds. The summed E-state index contributed by atoms with van der Waals surface area (Å²) in [6.07, 6.45) is 1.28. The number of thioether (sulfide) groups is 1. The largest absolute Gasteiger partial charge is 0.466 e. The van der Waals surface area contributed by atoms with Gasteiger partial charge in [0.2, 0.25) is 0 Å². The maximum absolute atomic E-state index is 11.2. The van der Waals surface area contributed by atoms with E-state index in [0.717, 1.165) is 28.4 Å². The van der Waals surface area contributed by atoms with E-state index in [1.54, 1.807) is 11.8 Å². The number of imidazole rings is 1. The number of benzene rings is 1. The molecule has 0 saturated heterocycles. The lowest BCUT2D eigenvalue weighted by Gasteiger charge is -2.00. The minimum Gasteiger partial charge on any atom is -0.466 e. The Balaban J connectivity index is 1.83. The van der Waals surface area contributed by atoms with Crippen LogP contribution in [0.3, 0.4) is 0 Å².